The highest BCUT2D eigenvalue weighted by Gasteiger charge is 2.40. The lowest BCUT2D eigenvalue weighted by Crippen LogP contribution is -2.39. The predicted molar refractivity (Wildman–Crippen MR) is 88.7 cm³/mol. The largest absolute Gasteiger partial charge is 0.479 e. The fraction of sp³-hybridized carbons (Fsp3) is 0.400. The summed E-state index contributed by atoms with van der Waals surface area (Å²) in [6, 6.07) is 8.95. The number of thiocarbonyl (C=S) groups is 1. The molecule has 22 heavy (non-hydrogen) atoms. The zero-order valence-electron chi connectivity index (χ0n) is 12.4. The number of amides is 2. The number of rotatable bonds is 4. The molecule has 0 unspecified atom stereocenters. The Labute approximate surface area is 139 Å². The lowest BCUT2D eigenvalue weighted by atomic mass is 10.1. The fourth-order valence-electron chi connectivity index (χ4n) is 2.13. The van der Waals surface area contributed by atoms with Crippen molar-refractivity contribution in [3.05, 3.63) is 35.9 Å². The number of hydrogen-bond acceptors (Lipinski definition) is 6. The third kappa shape index (κ3) is 3.78. The summed E-state index contributed by atoms with van der Waals surface area (Å²) in [4.78, 5) is 25.7. The first-order chi connectivity index (χ1) is 10.5. The average molecular weight is 339 g/mol. The van der Waals surface area contributed by atoms with Gasteiger partial charge in [0.2, 0.25) is 10.3 Å². The van der Waals surface area contributed by atoms with Crippen LogP contribution in [0.2, 0.25) is 0 Å². The molecule has 2 rings (SSSR count). The van der Waals surface area contributed by atoms with Crippen LogP contribution in [0.1, 0.15) is 25.5 Å². The highest BCUT2D eigenvalue weighted by atomic mass is 32.2. The standard InChI is InChI=1S/C15H17NO4S2/c1-3-19-15(21)22-10(2)13(17)16-12(9-20-14(16)18)11-7-5-4-6-8-11/h4-8,10,12H,3,9H2,1-2H3/t10-,12-/m0/s1. The molecule has 0 spiro atoms. The molecule has 0 aliphatic carbocycles. The summed E-state index contributed by atoms with van der Waals surface area (Å²) in [6.45, 7) is 4.14. The van der Waals surface area contributed by atoms with Crippen molar-refractivity contribution < 1.29 is 19.1 Å². The van der Waals surface area contributed by atoms with Gasteiger partial charge in [0.1, 0.15) is 12.6 Å². The molecular formula is C15H17NO4S2. The summed E-state index contributed by atoms with van der Waals surface area (Å²) < 4.78 is 10.5. The summed E-state index contributed by atoms with van der Waals surface area (Å²) in [5, 5.41) is -0.518. The van der Waals surface area contributed by atoms with Crippen LogP contribution < -0.4 is 0 Å². The Hall–Kier alpha value is -1.60. The normalized spacial score (nSPS) is 18.7. The molecule has 1 fully saturated rings. The number of thioether (sulfide) groups is 1. The molecule has 1 aromatic rings. The molecule has 0 aromatic heterocycles. The Morgan fingerprint density at radius 1 is 1.50 bits per heavy atom. The van der Waals surface area contributed by atoms with Crippen LogP contribution in [0.4, 0.5) is 4.79 Å². The quantitative estimate of drug-likeness (QED) is 0.786. The number of benzene rings is 1. The number of cyclic esters (lactones) is 1. The van der Waals surface area contributed by atoms with Crippen LogP contribution in [0.15, 0.2) is 30.3 Å². The van der Waals surface area contributed by atoms with Gasteiger partial charge in [-0.05, 0) is 31.6 Å². The molecule has 118 valence electrons. The maximum atomic E-state index is 12.6. The molecule has 1 heterocycles. The van der Waals surface area contributed by atoms with Gasteiger partial charge in [-0.25, -0.2) is 9.69 Å². The van der Waals surface area contributed by atoms with Crippen molar-refractivity contribution in [3.63, 3.8) is 0 Å². The second-order valence-corrected chi connectivity index (χ2v) is 6.60. The van der Waals surface area contributed by atoms with Crippen molar-refractivity contribution in [2.24, 2.45) is 0 Å². The van der Waals surface area contributed by atoms with Crippen LogP contribution in [-0.2, 0) is 14.3 Å². The second-order valence-electron chi connectivity index (χ2n) is 4.65. The number of nitrogens with zero attached hydrogens (tertiary/aromatic N) is 1. The Bertz CT molecular complexity index is 564. The molecule has 5 nitrogen and oxygen atoms in total. The first-order valence-corrected chi connectivity index (χ1v) is 8.21. The zero-order valence-corrected chi connectivity index (χ0v) is 14.0. The molecule has 0 bridgehead atoms. The predicted octanol–water partition coefficient (Wildman–Crippen LogP) is 3.15. The SMILES string of the molecule is CCOC(=S)S[C@@H](C)C(=O)N1C(=O)OC[C@H]1c1ccccc1. The number of imide groups is 1. The van der Waals surface area contributed by atoms with Crippen molar-refractivity contribution in [1.29, 1.82) is 0 Å². The van der Waals surface area contributed by atoms with Crippen LogP contribution in [0.25, 0.3) is 0 Å². The number of ether oxygens (including phenoxy) is 2. The van der Waals surface area contributed by atoms with Crippen molar-refractivity contribution in [2.75, 3.05) is 13.2 Å². The third-order valence-corrected chi connectivity index (χ3v) is 4.45. The van der Waals surface area contributed by atoms with Gasteiger partial charge in [0.05, 0.1) is 11.9 Å². The maximum Gasteiger partial charge on any atom is 0.417 e. The summed E-state index contributed by atoms with van der Waals surface area (Å²) in [5.41, 5.74) is 0.867. The summed E-state index contributed by atoms with van der Waals surface area (Å²) in [5.74, 6) is -0.330. The topological polar surface area (TPSA) is 55.8 Å². The Kier molecular flexibility index (Phi) is 5.79. The molecule has 2 amide bonds. The van der Waals surface area contributed by atoms with Crippen LogP contribution in [0.3, 0.4) is 0 Å². The minimum atomic E-state index is -0.617. The van der Waals surface area contributed by atoms with Crippen molar-refractivity contribution in [3.8, 4) is 0 Å². The molecular weight excluding hydrogens is 322 g/mol. The first-order valence-electron chi connectivity index (χ1n) is 6.92. The molecule has 1 aliphatic heterocycles. The Morgan fingerprint density at radius 2 is 2.18 bits per heavy atom. The fourth-order valence-corrected chi connectivity index (χ4v) is 3.37. The lowest BCUT2D eigenvalue weighted by molar-refractivity contribution is -0.128. The second kappa shape index (κ2) is 7.60. The monoisotopic (exact) mass is 339 g/mol. The number of carbonyl (C=O) groups excluding carboxylic acids is 2. The molecule has 1 aromatic carbocycles. The maximum absolute atomic E-state index is 12.6. The van der Waals surface area contributed by atoms with E-state index in [2.05, 4.69) is 0 Å². The van der Waals surface area contributed by atoms with E-state index in [1.165, 1.54) is 4.90 Å². The molecule has 7 heteroatoms. The molecule has 0 radical (unpaired) electrons. The summed E-state index contributed by atoms with van der Waals surface area (Å²) in [7, 11) is 0. The van der Waals surface area contributed by atoms with Gasteiger partial charge in [-0.3, -0.25) is 4.79 Å². The summed E-state index contributed by atoms with van der Waals surface area (Å²) >= 11 is 6.16. The van der Waals surface area contributed by atoms with E-state index in [0.717, 1.165) is 17.3 Å². The van der Waals surface area contributed by atoms with Gasteiger partial charge in [0.25, 0.3) is 0 Å². The average Bonchev–Trinajstić information content (AvgIpc) is 2.89. The molecule has 0 N–H and O–H groups in total. The Balaban J connectivity index is 2.12. The van der Waals surface area contributed by atoms with Crippen LogP contribution in [0.5, 0.6) is 0 Å². The van der Waals surface area contributed by atoms with Crippen LogP contribution >= 0.6 is 24.0 Å². The van der Waals surface area contributed by atoms with E-state index >= 15 is 0 Å². The van der Waals surface area contributed by atoms with Gasteiger partial charge in [0, 0.05) is 0 Å². The van der Waals surface area contributed by atoms with Gasteiger partial charge in [-0.15, -0.1) is 0 Å². The highest BCUT2D eigenvalue weighted by molar-refractivity contribution is 8.23. The number of carbonyl (C=O) groups is 2. The van der Waals surface area contributed by atoms with Crippen LogP contribution in [-0.4, -0.2) is 39.7 Å². The van der Waals surface area contributed by atoms with E-state index in [0.29, 0.717) is 11.0 Å². The lowest BCUT2D eigenvalue weighted by Gasteiger charge is -2.22. The van der Waals surface area contributed by atoms with Gasteiger partial charge >= 0.3 is 6.09 Å². The van der Waals surface area contributed by atoms with Crippen molar-refractivity contribution in [2.45, 2.75) is 25.1 Å². The van der Waals surface area contributed by atoms with E-state index in [1.54, 1.807) is 6.92 Å². The highest BCUT2D eigenvalue weighted by Crippen LogP contribution is 2.30. The number of hydrogen-bond donors (Lipinski definition) is 0. The van der Waals surface area contributed by atoms with E-state index in [-0.39, 0.29) is 12.5 Å². The summed E-state index contributed by atoms with van der Waals surface area (Å²) in [6.07, 6.45) is -0.617. The van der Waals surface area contributed by atoms with E-state index < -0.39 is 17.4 Å². The first kappa shape index (κ1) is 16.8. The van der Waals surface area contributed by atoms with Gasteiger partial charge in [-0.2, -0.15) is 0 Å². The smallest absolute Gasteiger partial charge is 0.417 e. The third-order valence-electron chi connectivity index (χ3n) is 3.18. The van der Waals surface area contributed by atoms with Gasteiger partial charge < -0.3 is 9.47 Å². The van der Waals surface area contributed by atoms with Crippen LogP contribution in [0, 0.1) is 0 Å². The van der Waals surface area contributed by atoms with Gasteiger partial charge in [-0.1, -0.05) is 42.1 Å². The molecule has 1 saturated heterocycles. The molecule has 1 aliphatic rings. The minimum absolute atomic E-state index is 0.169. The zero-order chi connectivity index (χ0) is 16.1. The van der Waals surface area contributed by atoms with Crippen molar-refractivity contribution >= 4 is 40.4 Å². The van der Waals surface area contributed by atoms with Gasteiger partial charge in [0.15, 0.2) is 0 Å². The molecule has 0 saturated carbocycles. The van der Waals surface area contributed by atoms with Crippen molar-refractivity contribution in [1.82, 2.24) is 4.90 Å². The minimum Gasteiger partial charge on any atom is -0.479 e. The Morgan fingerprint density at radius 3 is 2.82 bits per heavy atom. The van der Waals surface area contributed by atoms with E-state index in [4.69, 9.17) is 21.7 Å². The molecule has 2 atom stereocenters. The van der Waals surface area contributed by atoms with E-state index in [1.807, 2.05) is 37.3 Å². The van der Waals surface area contributed by atoms with E-state index in [9.17, 15) is 9.59 Å².